The third kappa shape index (κ3) is 3.37. The molecule has 0 aliphatic heterocycles. The van der Waals surface area contributed by atoms with Crippen molar-refractivity contribution in [3.8, 4) is 0 Å². The number of anilines is 1. The summed E-state index contributed by atoms with van der Waals surface area (Å²) in [6.45, 7) is 3.49. The van der Waals surface area contributed by atoms with Gasteiger partial charge >= 0.3 is 0 Å². The maximum absolute atomic E-state index is 12.5. The molecule has 0 amide bonds. The van der Waals surface area contributed by atoms with E-state index in [9.17, 15) is 4.79 Å². The minimum absolute atomic E-state index is 0.0375. The van der Waals surface area contributed by atoms with Gasteiger partial charge in [-0.1, -0.05) is 6.42 Å². The van der Waals surface area contributed by atoms with Gasteiger partial charge in [-0.25, -0.2) is 4.68 Å². The number of aryl methyl sites for hydroxylation is 1. The van der Waals surface area contributed by atoms with E-state index in [0.29, 0.717) is 18.2 Å². The van der Waals surface area contributed by atoms with Crippen molar-refractivity contribution >= 4 is 33.0 Å². The van der Waals surface area contributed by atoms with Gasteiger partial charge in [-0.15, -0.1) is 11.3 Å². The van der Waals surface area contributed by atoms with E-state index in [4.69, 9.17) is 0 Å². The Morgan fingerprint density at radius 2 is 2.29 bits per heavy atom. The molecule has 6 heteroatoms. The lowest BCUT2D eigenvalue weighted by molar-refractivity contribution is 0.262. The number of rotatable bonds is 5. The Bertz CT molecular complexity index is 690. The molecule has 0 atom stereocenters. The number of hydrogen-bond donors (Lipinski definition) is 1. The van der Waals surface area contributed by atoms with Crippen molar-refractivity contribution in [2.75, 3.05) is 5.32 Å². The van der Waals surface area contributed by atoms with Gasteiger partial charge in [-0.05, 0) is 53.7 Å². The molecule has 1 saturated carbocycles. The summed E-state index contributed by atoms with van der Waals surface area (Å²) in [5.41, 5.74) is 0.569. The molecule has 2 heterocycles. The summed E-state index contributed by atoms with van der Waals surface area (Å²) in [5, 5.41) is 7.49. The van der Waals surface area contributed by atoms with Crippen LogP contribution in [-0.2, 0) is 13.1 Å². The topological polar surface area (TPSA) is 46.9 Å². The molecule has 3 rings (SSSR count). The molecule has 1 N–H and O–H groups in total. The molecule has 4 nitrogen and oxygen atoms in total. The Balaban J connectivity index is 1.76. The fourth-order valence-electron chi connectivity index (χ4n) is 2.43. The normalized spacial score (nSPS) is 15.0. The first-order valence-corrected chi connectivity index (χ1v) is 8.79. The summed E-state index contributed by atoms with van der Waals surface area (Å²) in [7, 11) is 0. The van der Waals surface area contributed by atoms with Crippen LogP contribution in [-0.4, -0.2) is 9.78 Å². The standard InChI is InChI=1S/C15H18BrN3OS/c1-10-5-6-12(21-10)7-17-14-13(16)8-18-19(15(14)20)9-11-3-2-4-11/h5-6,8,11,17H,2-4,7,9H2,1H3. The summed E-state index contributed by atoms with van der Waals surface area (Å²) in [6.07, 6.45) is 5.41. The minimum Gasteiger partial charge on any atom is -0.375 e. The number of halogens is 1. The zero-order chi connectivity index (χ0) is 14.8. The third-order valence-corrected chi connectivity index (χ3v) is 5.49. The lowest BCUT2D eigenvalue weighted by atomic mass is 9.85. The monoisotopic (exact) mass is 367 g/mol. The van der Waals surface area contributed by atoms with Crippen LogP contribution >= 0.6 is 27.3 Å². The molecule has 1 aliphatic carbocycles. The van der Waals surface area contributed by atoms with Gasteiger partial charge in [0.1, 0.15) is 5.69 Å². The van der Waals surface area contributed by atoms with Crippen LogP contribution in [0.1, 0.15) is 29.0 Å². The van der Waals surface area contributed by atoms with Gasteiger partial charge in [0.25, 0.3) is 5.56 Å². The maximum atomic E-state index is 12.5. The number of aromatic nitrogens is 2. The van der Waals surface area contributed by atoms with E-state index in [-0.39, 0.29) is 5.56 Å². The van der Waals surface area contributed by atoms with Gasteiger partial charge in [-0.2, -0.15) is 5.10 Å². The van der Waals surface area contributed by atoms with Crippen molar-refractivity contribution < 1.29 is 0 Å². The van der Waals surface area contributed by atoms with E-state index >= 15 is 0 Å². The van der Waals surface area contributed by atoms with Crippen LogP contribution in [0.3, 0.4) is 0 Å². The second-order valence-electron chi connectivity index (χ2n) is 5.52. The van der Waals surface area contributed by atoms with Crippen LogP contribution in [0.25, 0.3) is 0 Å². The van der Waals surface area contributed by atoms with Gasteiger partial charge in [-0.3, -0.25) is 4.79 Å². The first kappa shape index (κ1) is 14.8. The van der Waals surface area contributed by atoms with Crippen molar-refractivity contribution in [2.24, 2.45) is 5.92 Å². The molecule has 1 fully saturated rings. The summed E-state index contributed by atoms with van der Waals surface area (Å²) in [6, 6.07) is 4.19. The predicted molar refractivity (Wildman–Crippen MR) is 89.9 cm³/mol. The fraction of sp³-hybridized carbons (Fsp3) is 0.467. The van der Waals surface area contributed by atoms with Gasteiger partial charge in [0, 0.05) is 22.8 Å². The Kier molecular flexibility index (Phi) is 4.45. The van der Waals surface area contributed by atoms with Gasteiger partial charge in [0.2, 0.25) is 0 Å². The largest absolute Gasteiger partial charge is 0.375 e. The first-order chi connectivity index (χ1) is 10.1. The summed E-state index contributed by atoms with van der Waals surface area (Å²) < 4.78 is 2.32. The zero-order valence-electron chi connectivity index (χ0n) is 11.9. The predicted octanol–water partition coefficient (Wildman–Crippen LogP) is 3.79. The molecule has 2 aromatic rings. The van der Waals surface area contributed by atoms with Crippen molar-refractivity contribution in [3.63, 3.8) is 0 Å². The fourth-order valence-corrected chi connectivity index (χ4v) is 3.67. The molecule has 0 spiro atoms. The second-order valence-corrected chi connectivity index (χ2v) is 7.74. The number of hydrogen-bond acceptors (Lipinski definition) is 4. The lowest BCUT2D eigenvalue weighted by Gasteiger charge is -2.25. The minimum atomic E-state index is -0.0375. The Morgan fingerprint density at radius 3 is 2.90 bits per heavy atom. The van der Waals surface area contributed by atoms with E-state index in [1.807, 2.05) is 0 Å². The first-order valence-electron chi connectivity index (χ1n) is 7.18. The van der Waals surface area contributed by atoms with E-state index in [2.05, 4.69) is 45.4 Å². The Labute approximate surface area is 136 Å². The molecular weight excluding hydrogens is 350 g/mol. The molecule has 1 aliphatic rings. The van der Waals surface area contributed by atoms with Crippen LogP contribution in [0.15, 0.2) is 27.6 Å². The quantitative estimate of drug-likeness (QED) is 0.874. The van der Waals surface area contributed by atoms with Crippen LogP contribution < -0.4 is 10.9 Å². The number of thiophene rings is 1. The van der Waals surface area contributed by atoms with Crippen LogP contribution in [0.2, 0.25) is 0 Å². The van der Waals surface area contributed by atoms with Crippen molar-refractivity contribution in [2.45, 2.75) is 39.3 Å². The molecule has 21 heavy (non-hydrogen) atoms. The lowest BCUT2D eigenvalue weighted by Crippen LogP contribution is -2.30. The van der Waals surface area contributed by atoms with Crippen LogP contribution in [0.5, 0.6) is 0 Å². The SMILES string of the molecule is Cc1ccc(CNc2c(Br)cnn(CC3CCC3)c2=O)s1. The van der Waals surface area contributed by atoms with Crippen molar-refractivity contribution in [1.29, 1.82) is 0 Å². The van der Waals surface area contributed by atoms with Crippen molar-refractivity contribution in [1.82, 2.24) is 9.78 Å². The Morgan fingerprint density at radius 1 is 1.48 bits per heavy atom. The Hall–Kier alpha value is -1.14. The molecule has 2 aromatic heterocycles. The van der Waals surface area contributed by atoms with E-state index in [1.54, 1.807) is 22.2 Å². The molecule has 0 radical (unpaired) electrons. The van der Waals surface area contributed by atoms with E-state index < -0.39 is 0 Å². The van der Waals surface area contributed by atoms with E-state index in [1.165, 1.54) is 29.0 Å². The van der Waals surface area contributed by atoms with E-state index in [0.717, 1.165) is 11.0 Å². The number of nitrogens with one attached hydrogen (secondary N) is 1. The van der Waals surface area contributed by atoms with Gasteiger partial charge in [0.05, 0.1) is 10.7 Å². The maximum Gasteiger partial charge on any atom is 0.291 e. The number of nitrogens with zero attached hydrogens (tertiary/aromatic N) is 2. The molecule has 0 saturated heterocycles. The molecule has 0 bridgehead atoms. The highest BCUT2D eigenvalue weighted by molar-refractivity contribution is 9.10. The van der Waals surface area contributed by atoms with Gasteiger partial charge < -0.3 is 5.32 Å². The van der Waals surface area contributed by atoms with Gasteiger partial charge in [0.15, 0.2) is 0 Å². The summed E-state index contributed by atoms with van der Waals surface area (Å²) in [4.78, 5) is 15.0. The molecule has 0 aromatic carbocycles. The third-order valence-electron chi connectivity index (χ3n) is 3.89. The molecule has 0 unspecified atom stereocenters. The van der Waals surface area contributed by atoms with Crippen LogP contribution in [0, 0.1) is 12.8 Å². The average Bonchev–Trinajstić information content (AvgIpc) is 2.81. The summed E-state index contributed by atoms with van der Waals surface area (Å²) in [5.74, 6) is 0.615. The highest BCUT2D eigenvalue weighted by Crippen LogP contribution is 2.27. The average molecular weight is 368 g/mol. The smallest absolute Gasteiger partial charge is 0.291 e. The zero-order valence-corrected chi connectivity index (χ0v) is 14.3. The molecule has 112 valence electrons. The van der Waals surface area contributed by atoms with Crippen molar-refractivity contribution in [3.05, 3.63) is 42.9 Å². The molecular formula is C15H18BrN3OS. The van der Waals surface area contributed by atoms with Crippen LogP contribution in [0.4, 0.5) is 5.69 Å². The second kappa shape index (κ2) is 6.32. The highest BCUT2D eigenvalue weighted by Gasteiger charge is 2.20. The summed E-state index contributed by atoms with van der Waals surface area (Å²) >= 11 is 5.17. The highest BCUT2D eigenvalue weighted by atomic mass is 79.9.